The minimum absolute atomic E-state index is 0.263. The minimum atomic E-state index is -0.263. The summed E-state index contributed by atoms with van der Waals surface area (Å²) in [7, 11) is 2.23. The van der Waals surface area contributed by atoms with Crippen LogP contribution >= 0.6 is 0 Å². The fourth-order valence-corrected chi connectivity index (χ4v) is 5.25. The Morgan fingerprint density at radius 1 is 0.872 bits per heavy atom. The molecule has 1 saturated carbocycles. The molecule has 0 bridgehead atoms. The molecule has 208 valence electrons. The molecular weight excluding hydrogens is 488 g/mol. The van der Waals surface area contributed by atoms with Gasteiger partial charge in [0.2, 0.25) is 0 Å². The van der Waals surface area contributed by atoms with Crippen LogP contribution in [-0.4, -0.2) is 63.6 Å². The number of nitrogens with two attached hydrogens (primary N) is 1. The van der Waals surface area contributed by atoms with Crippen LogP contribution in [0.15, 0.2) is 71.7 Å². The summed E-state index contributed by atoms with van der Waals surface area (Å²) in [6.45, 7) is 9.16. The van der Waals surface area contributed by atoms with Crippen LogP contribution in [0.2, 0.25) is 0 Å². The lowest BCUT2D eigenvalue weighted by Gasteiger charge is -2.39. The Morgan fingerprint density at radius 3 is 2.18 bits per heavy atom. The van der Waals surface area contributed by atoms with Gasteiger partial charge in [-0.1, -0.05) is 51.3 Å². The summed E-state index contributed by atoms with van der Waals surface area (Å²) in [6.07, 6.45) is 8.90. The largest absolute Gasteiger partial charge is 0.457 e. The molecule has 1 aliphatic heterocycles. The number of imidazole rings is 1. The number of fused-ring (bicyclic) bond motifs is 1. The monoisotopic (exact) mass is 530 g/mol. The van der Waals surface area contributed by atoms with E-state index in [9.17, 15) is 4.79 Å². The molecule has 4 aromatic rings. The number of likely N-dealkylation sites (N-methyl/N-ethyl adjacent to an activating group) is 1. The predicted octanol–water partition coefficient (Wildman–Crippen LogP) is 5.68. The average molecular weight is 531 g/mol. The fourth-order valence-electron chi connectivity index (χ4n) is 5.25. The van der Waals surface area contributed by atoms with Gasteiger partial charge in [0.1, 0.15) is 22.8 Å². The SMILES string of the molecule is CC.CN1CCN(C2CCCCC2)CC1.Nc1nccc2[nH]c(=O)n(-c3ccc(Oc4ccccc4)cc3)c12. The van der Waals surface area contributed by atoms with Crippen molar-refractivity contribution in [2.45, 2.75) is 52.0 Å². The quantitative estimate of drug-likeness (QED) is 0.353. The van der Waals surface area contributed by atoms with E-state index in [0.29, 0.717) is 28.3 Å². The van der Waals surface area contributed by atoms with Crippen molar-refractivity contribution in [3.05, 3.63) is 77.3 Å². The van der Waals surface area contributed by atoms with Gasteiger partial charge in [0.25, 0.3) is 0 Å². The third-order valence-corrected chi connectivity index (χ3v) is 7.32. The highest BCUT2D eigenvalue weighted by Gasteiger charge is 2.23. The summed E-state index contributed by atoms with van der Waals surface area (Å²) in [4.78, 5) is 24.3. The Labute approximate surface area is 231 Å². The molecular formula is C31H42N6O2. The van der Waals surface area contributed by atoms with Crippen molar-refractivity contribution >= 4 is 16.9 Å². The van der Waals surface area contributed by atoms with Gasteiger partial charge in [0.15, 0.2) is 0 Å². The molecule has 39 heavy (non-hydrogen) atoms. The number of hydrogen-bond donors (Lipinski definition) is 2. The van der Waals surface area contributed by atoms with Crippen molar-refractivity contribution in [1.29, 1.82) is 0 Å². The highest BCUT2D eigenvalue weighted by molar-refractivity contribution is 5.86. The number of piperazine rings is 1. The third-order valence-electron chi connectivity index (χ3n) is 7.32. The van der Waals surface area contributed by atoms with Crippen molar-refractivity contribution in [1.82, 2.24) is 24.3 Å². The van der Waals surface area contributed by atoms with Crippen LogP contribution in [0.1, 0.15) is 46.0 Å². The van der Waals surface area contributed by atoms with E-state index in [-0.39, 0.29) is 5.69 Å². The Kier molecular flexibility index (Phi) is 10.2. The number of aromatic amines is 1. The number of para-hydroxylation sites is 1. The van der Waals surface area contributed by atoms with E-state index in [1.165, 1.54) is 62.9 Å². The predicted molar refractivity (Wildman–Crippen MR) is 160 cm³/mol. The summed E-state index contributed by atoms with van der Waals surface area (Å²) in [5.41, 5.74) is 7.57. The molecule has 3 heterocycles. The summed E-state index contributed by atoms with van der Waals surface area (Å²) >= 11 is 0. The molecule has 1 saturated heterocycles. The van der Waals surface area contributed by atoms with Gasteiger partial charge in [-0.3, -0.25) is 9.47 Å². The maximum absolute atomic E-state index is 12.3. The van der Waals surface area contributed by atoms with Crippen molar-refractivity contribution in [2.75, 3.05) is 39.0 Å². The second-order valence-corrected chi connectivity index (χ2v) is 9.90. The molecule has 8 heteroatoms. The molecule has 0 unspecified atom stereocenters. The lowest BCUT2D eigenvalue weighted by molar-refractivity contribution is 0.0913. The van der Waals surface area contributed by atoms with Gasteiger partial charge in [-0.05, 0) is 62.4 Å². The second-order valence-electron chi connectivity index (χ2n) is 9.90. The Bertz CT molecular complexity index is 1340. The number of nitrogens with one attached hydrogen (secondary N) is 1. The number of pyridine rings is 1. The molecule has 6 rings (SSSR count). The lowest BCUT2D eigenvalue weighted by Crippen LogP contribution is -2.49. The molecule has 0 amide bonds. The molecule has 3 N–H and O–H groups in total. The number of ether oxygens (including phenoxy) is 1. The molecule has 2 aromatic heterocycles. The Hall–Kier alpha value is -3.62. The average Bonchev–Trinajstić information content (AvgIpc) is 3.33. The van der Waals surface area contributed by atoms with Gasteiger partial charge in [-0.25, -0.2) is 9.78 Å². The van der Waals surface area contributed by atoms with E-state index in [1.54, 1.807) is 36.5 Å². The molecule has 2 fully saturated rings. The van der Waals surface area contributed by atoms with Crippen LogP contribution in [0.4, 0.5) is 5.82 Å². The molecule has 0 radical (unpaired) electrons. The standard InChI is InChI=1S/C18H14N4O2.C11H22N2.C2H6/c19-17-16-15(10-11-20-17)21-18(23)22(16)12-6-8-14(9-7-12)24-13-4-2-1-3-5-13;1-12-7-9-13(10-8-12)11-5-3-2-4-6-11;1-2/h1-11H,(H2,19,20)(H,21,23);11H,2-10H2,1H3;1-2H3. The van der Waals surface area contributed by atoms with Crippen molar-refractivity contribution in [3.63, 3.8) is 0 Å². The number of anilines is 1. The zero-order chi connectivity index (χ0) is 27.6. The first-order valence-corrected chi connectivity index (χ1v) is 14.2. The summed E-state index contributed by atoms with van der Waals surface area (Å²) in [5, 5.41) is 0. The number of benzene rings is 2. The first-order valence-electron chi connectivity index (χ1n) is 14.2. The molecule has 0 atom stereocenters. The highest BCUT2D eigenvalue weighted by Crippen LogP contribution is 2.25. The fraction of sp³-hybridized carbons (Fsp3) is 0.419. The van der Waals surface area contributed by atoms with E-state index in [2.05, 4.69) is 26.8 Å². The summed E-state index contributed by atoms with van der Waals surface area (Å²) < 4.78 is 7.26. The number of nitrogens with zero attached hydrogens (tertiary/aromatic N) is 4. The van der Waals surface area contributed by atoms with Crippen LogP contribution in [-0.2, 0) is 0 Å². The Balaban J connectivity index is 0.000000199. The summed E-state index contributed by atoms with van der Waals surface area (Å²) in [5.74, 6) is 1.74. The normalized spacial score (nSPS) is 16.6. The van der Waals surface area contributed by atoms with Crippen LogP contribution in [0.25, 0.3) is 16.7 Å². The van der Waals surface area contributed by atoms with Crippen molar-refractivity contribution < 1.29 is 4.74 Å². The maximum atomic E-state index is 12.3. The zero-order valence-corrected chi connectivity index (χ0v) is 23.5. The summed E-state index contributed by atoms with van der Waals surface area (Å²) in [6, 6.07) is 19.4. The first-order chi connectivity index (χ1) is 19.1. The van der Waals surface area contributed by atoms with Gasteiger partial charge in [-0.15, -0.1) is 0 Å². The van der Waals surface area contributed by atoms with Crippen LogP contribution in [0.3, 0.4) is 0 Å². The molecule has 2 aliphatic rings. The van der Waals surface area contributed by atoms with Gasteiger partial charge in [0.05, 0.1) is 11.2 Å². The van der Waals surface area contributed by atoms with E-state index < -0.39 is 0 Å². The van der Waals surface area contributed by atoms with Gasteiger partial charge >= 0.3 is 5.69 Å². The number of nitrogen functional groups attached to an aromatic ring is 1. The smallest absolute Gasteiger partial charge is 0.331 e. The zero-order valence-electron chi connectivity index (χ0n) is 23.5. The van der Waals surface area contributed by atoms with E-state index >= 15 is 0 Å². The Morgan fingerprint density at radius 2 is 1.51 bits per heavy atom. The first kappa shape index (κ1) is 28.4. The van der Waals surface area contributed by atoms with Crippen LogP contribution in [0.5, 0.6) is 11.5 Å². The number of aromatic nitrogens is 3. The highest BCUT2D eigenvalue weighted by atomic mass is 16.5. The lowest BCUT2D eigenvalue weighted by atomic mass is 9.94. The minimum Gasteiger partial charge on any atom is -0.457 e. The van der Waals surface area contributed by atoms with Gasteiger partial charge in [-0.2, -0.15) is 0 Å². The van der Waals surface area contributed by atoms with Crippen LogP contribution in [0, 0.1) is 0 Å². The van der Waals surface area contributed by atoms with Crippen LogP contribution < -0.4 is 16.2 Å². The second kappa shape index (κ2) is 14.0. The third kappa shape index (κ3) is 7.28. The number of rotatable bonds is 4. The van der Waals surface area contributed by atoms with E-state index in [0.717, 1.165) is 11.8 Å². The van der Waals surface area contributed by atoms with Gasteiger partial charge < -0.3 is 20.4 Å². The molecule has 1 aliphatic carbocycles. The number of H-pyrrole nitrogens is 1. The topological polar surface area (TPSA) is 92.4 Å². The number of hydrogen-bond acceptors (Lipinski definition) is 6. The molecule has 0 spiro atoms. The molecule has 2 aromatic carbocycles. The van der Waals surface area contributed by atoms with E-state index in [1.807, 2.05) is 44.2 Å². The molecule has 8 nitrogen and oxygen atoms in total. The van der Waals surface area contributed by atoms with Crippen molar-refractivity contribution in [2.24, 2.45) is 0 Å². The van der Waals surface area contributed by atoms with Crippen molar-refractivity contribution in [3.8, 4) is 17.2 Å². The van der Waals surface area contributed by atoms with Gasteiger partial charge in [0, 0.05) is 38.4 Å². The van der Waals surface area contributed by atoms with E-state index in [4.69, 9.17) is 10.5 Å². The maximum Gasteiger partial charge on any atom is 0.331 e.